The van der Waals surface area contributed by atoms with Crippen molar-refractivity contribution < 1.29 is 4.79 Å². The molecule has 1 aliphatic heterocycles. The van der Waals surface area contributed by atoms with Crippen LogP contribution in [0.1, 0.15) is 48.7 Å². The number of hydrogen-bond acceptors (Lipinski definition) is 3. The molecule has 0 atom stereocenters. The van der Waals surface area contributed by atoms with Crippen LogP contribution in [0.4, 0.5) is 0 Å². The summed E-state index contributed by atoms with van der Waals surface area (Å²) in [5, 5.41) is 11.2. The van der Waals surface area contributed by atoms with Crippen molar-refractivity contribution in [1.29, 1.82) is 0 Å². The zero-order chi connectivity index (χ0) is 21.3. The van der Waals surface area contributed by atoms with Crippen molar-refractivity contribution in [2.24, 2.45) is 4.99 Å². The molecule has 1 aromatic carbocycles. The molecular weight excluding hydrogens is 376 g/mol. The second-order valence-electron chi connectivity index (χ2n) is 7.86. The minimum absolute atomic E-state index is 0.262. The number of amides is 1. The predicted molar refractivity (Wildman–Crippen MR) is 120 cm³/mol. The van der Waals surface area contributed by atoms with Gasteiger partial charge in [-0.15, -0.1) is 0 Å². The summed E-state index contributed by atoms with van der Waals surface area (Å²) in [5.41, 5.74) is 4.58. The van der Waals surface area contributed by atoms with Crippen molar-refractivity contribution in [3.05, 3.63) is 52.8 Å². The number of carbonyl (C=O) groups is 1. The first-order valence-electron chi connectivity index (χ1n) is 10.9. The summed E-state index contributed by atoms with van der Waals surface area (Å²) < 4.78 is 2.05. The Morgan fingerprint density at radius 2 is 2.03 bits per heavy atom. The average Bonchev–Trinajstić information content (AvgIpc) is 3.27. The van der Waals surface area contributed by atoms with Crippen LogP contribution in [-0.4, -0.2) is 46.2 Å². The number of likely N-dealkylation sites (tertiary alicyclic amines) is 1. The minimum atomic E-state index is 0.262. The lowest BCUT2D eigenvalue weighted by molar-refractivity contribution is -0.128. The van der Waals surface area contributed by atoms with Gasteiger partial charge in [0.2, 0.25) is 5.91 Å². The van der Waals surface area contributed by atoms with E-state index in [2.05, 4.69) is 64.6 Å². The first-order valence-corrected chi connectivity index (χ1v) is 10.9. The molecule has 162 valence electrons. The van der Waals surface area contributed by atoms with Crippen molar-refractivity contribution in [3.8, 4) is 0 Å². The highest BCUT2D eigenvalue weighted by Crippen LogP contribution is 2.15. The lowest BCUT2D eigenvalue weighted by Crippen LogP contribution is -2.38. The van der Waals surface area contributed by atoms with Crippen molar-refractivity contribution in [3.63, 3.8) is 0 Å². The van der Waals surface area contributed by atoms with Crippen molar-refractivity contribution in [2.75, 3.05) is 19.6 Å². The van der Waals surface area contributed by atoms with Gasteiger partial charge in [0.1, 0.15) is 0 Å². The van der Waals surface area contributed by atoms with Gasteiger partial charge < -0.3 is 15.5 Å². The zero-order valence-electron chi connectivity index (χ0n) is 18.4. The molecule has 0 bridgehead atoms. The van der Waals surface area contributed by atoms with Crippen molar-refractivity contribution >= 4 is 11.9 Å². The molecule has 7 heteroatoms. The Kier molecular flexibility index (Phi) is 7.88. The maximum absolute atomic E-state index is 11.9. The van der Waals surface area contributed by atoms with E-state index in [9.17, 15) is 4.79 Å². The first kappa shape index (κ1) is 21.9. The third kappa shape index (κ3) is 6.34. The van der Waals surface area contributed by atoms with Gasteiger partial charge in [-0.1, -0.05) is 24.3 Å². The number of nitrogens with one attached hydrogen (secondary N) is 2. The largest absolute Gasteiger partial charge is 0.357 e. The van der Waals surface area contributed by atoms with Crippen LogP contribution in [0.2, 0.25) is 0 Å². The Labute approximate surface area is 179 Å². The molecule has 7 nitrogen and oxygen atoms in total. The second kappa shape index (κ2) is 10.8. The third-order valence-electron chi connectivity index (χ3n) is 5.24. The van der Waals surface area contributed by atoms with E-state index in [-0.39, 0.29) is 5.91 Å². The van der Waals surface area contributed by atoms with E-state index in [0.717, 1.165) is 56.2 Å². The molecule has 2 aromatic rings. The highest BCUT2D eigenvalue weighted by molar-refractivity contribution is 5.79. The molecule has 0 saturated carbocycles. The summed E-state index contributed by atoms with van der Waals surface area (Å²) in [4.78, 5) is 18.5. The number of aliphatic imine (C=N–C) groups is 1. The molecule has 0 spiro atoms. The topological polar surface area (TPSA) is 74.6 Å². The molecule has 1 fully saturated rings. The fourth-order valence-electron chi connectivity index (χ4n) is 3.77. The van der Waals surface area contributed by atoms with Gasteiger partial charge in [0.15, 0.2) is 5.96 Å². The maximum Gasteiger partial charge on any atom is 0.222 e. The van der Waals surface area contributed by atoms with Crippen LogP contribution in [0.5, 0.6) is 0 Å². The smallest absolute Gasteiger partial charge is 0.222 e. The fraction of sp³-hybridized carbons (Fsp3) is 0.522. The van der Waals surface area contributed by atoms with Crippen LogP contribution in [0, 0.1) is 13.8 Å². The third-order valence-corrected chi connectivity index (χ3v) is 5.24. The van der Waals surface area contributed by atoms with Gasteiger partial charge in [-0.25, -0.2) is 4.99 Å². The molecule has 1 aromatic heterocycles. The Bertz CT molecular complexity index is 872. The average molecular weight is 411 g/mol. The molecule has 30 heavy (non-hydrogen) atoms. The van der Waals surface area contributed by atoms with Crippen LogP contribution in [0.25, 0.3) is 0 Å². The summed E-state index contributed by atoms with van der Waals surface area (Å²) in [5.74, 6) is 1.09. The molecule has 3 rings (SSSR count). The van der Waals surface area contributed by atoms with Gasteiger partial charge in [0, 0.05) is 44.8 Å². The quantitative estimate of drug-likeness (QED) is 0.379. The highest BCUT2D eigenvalue weighted by Gasteiger charge is 2.19. The van der Waals surface area contributed by atoms with E-state index < -0.39 is 0 Å². The molecule has 2 heterocycles. The monoisotopic (exact) mass is 410 g/mol. The molecule has 1 aliphatic rings. The molecule has 0 unspecified atom stereocenters. The SMILES string of the molecule is CCNC(=NCc1cccc(CN2CCCC2=O)c1)NCCCn1nc(C)cc1C. The Morgan fingerprint density at radius 3 is 2.73 bits per heavy atom. The van der Waals surface area contributed by atoms with E-state index in [1.165, 1.54) is 11.3 Å². The molecular formula is C23H34N6O. The number of aromatic nitrogens is 2. The zero-order valence-corrected chi connectivity index (χ0v) is 18.4. The van der Waals surface area contributed by atoms with Gasteiger partial charge in [-0.2, -0.15) is 5.10 Å². The molecule has 1 amide bonds. The van der Waals surface area contributed by atoms with Crippen molar-refractivity contribution in [2.45, 2.75) is 59.7 Å². The fourth-order valence-corrected chi connectivity index (χ4v) is 3.77. The van der Waals surface area contributed by atoms with Gasteiger partial charge in [0.25, 0.3) is 0 Å². The number of hydrogen-bond donors (Lipinski definition) is 2. The number of benzene rings is 1. The van der Waals surface area contributed by atoms with Crippen molar-refractivity contribution in [1.82, 2.24) is 25.3 Å². The van der Waals surface area contributed by atoms with Gasteiger partial charge in [-0.05, 0) is 50.8 Å². The van der Waals surface area contributed by atoms with E-state index in [0.29, 0.717) is 19.5 Å². The summed E-state index contributed by atoms with van der Waals surface area (Å²) in [7, 11) is 0. The number of carbonyl (C=O) groups excluding carboxylic acids is 1. The Hall–Kier alpha value is -2.83. The Morgan fingerprint density at radius 1 is 1.20 bits per heavy atom. The normalized spacial score (nSPS) is 14.4. The van der Waals surface area contributed by atoms with E-state index in [1.807, 2.05) is 11.8 Å². The molecule has 0 aliphatic carbocycles. The molecule has 0 radical (unpaired) electrons. The summed E-state index contributed by atoms with van der Waals surface area (Å²) >= 11 is 0. The van der Waals surface area contributed by atoms with E-state index in [1.54, 1.807) is 0 Å². The lowest BCUT2D eigenvalue weighted by Gasteiger charge is -2.16. The highest BCUT2D eigenvalue weighted by atomic mass is 16.2. The number of aryl methyl sites for hydroxylation is 3. The van der Waals surface area contributed by atoms with E-state index in [4.69, 9.17) is 4.99 Å². The number of nitrogens with zero attached hydrogens (tertiary/aromatic N) is 4. The number of rotatable bonds is 9. The summed E-state index contributed by atoms with van der Waals surface area (Å²) in [6, 6.07) is 10.5. The minimum Gasteiger partial charge on any atom is -0.357 e. The van der Waals surface area contributed by atoms with Crippen LogP contribution in [-0.2, 0) is 24.4 Å². The molecule has 2 N–H and O–H groups in total. The lowest BCUT2D eigenvalue weighted by atomic mass is 10.1. The summed E-state index contributed by atoms with van der Waals surface area (Å²) in [6.45, 7) is 10.9. The first-order chi connectivity index (χ1) is 14.5. The summed E-state index contributed by atoms with van der Waals surface area (Å²) in [6.07, 6.45) is 2.63. The van der Waals surface area contributed by atoms with Gasteiger partial charge >= 0.3 is 0 Å². The Balaban J connectivity index is 1.50. The maximum atomic E-state index is 11.9. The van der Waals surface area contributed by atoms with Crippen LogP contribution < -0.4 is 10.6 Å². The second-order valence-corrected chi connectivity index (χ2v) is 7.86. The predicted octanol–water partition coefficient (Wildman–Crippen LogP) is 2.77. The van der Waals surface area contributed by atoms with Crippen LogP contribution in [0.3, 0.4) is 0 Å². The van der Waals surface area contributed by atoms with Gasteiger partial charge in [-0.3, -0.25) is 9.48 Å². The number of guanidine groups is 1. The van der Waals surface area contributed by atoms with E-state index >= 15 is 0 Å². The standard InChI is InChI=1S/C23H34N6O/c1-4-24-23(25-11-7-13-29-19(3)14-18(2)27-29)26-16-20-8-5-9-21(15-20)17-28-12-6-10-22(28)30/h5,8-9,14-15H,4,6-7,10-13,16-17H2,1-3H3,(H2,24,25,26). The van der Waals surface area contributed by atoms with Crippen LogP contribution >= 0.6 is 0 Å². The van der Waals surface area contributed by atoms with Gasteiger partial charge in [0.05, 0.1) is 12.2 Å². The van der Waals surface area contributed by atoms with Crippen LogP contribution in [0.15, 0.2) is 35.3 Å². The molecule has 1 saturated heterocycles.